The van der Waals surface area contributed by atoms with Gasteiger partial charge in [-0.1, -0.05) is 49.7 Å². The molecule has 0 amide bonds. The van der Waals surface area contributed by atoms with E-state index in [-0.39, 0.29) is 6.04 Å². The number of hydrogen-bond donors (Lipinski definition) is 2. The van der Waals surface area contributed by atoms with E-state index in [1.807, 2.05) is 24.3 Å². The summed E-state index contributed by atoms with van der Waals surface area (Å²) in [7, 11) is 0. The molecule has 0 unspecified atom stereocenters. The van der Waals surface area contributed by atoms with Crippen LogP contribution in [0.3, 0.4) is 0 Å². The van der Waals surface area contributed by atoms with Gasteiger partial charge in [-0.3, -0.25) is 0 Å². The first-order valence-corrected chi connectivity index (χ1v) is 8.14. The van der Waals surface area contributed by atoms with E-state index < -0.39 is 0 Å². The molecule has 2 rings (SSSR count). The highest BCUT2D eigenvalue weighted by molar-refractivity contribution is 7.80. The van der Waals surface area contributed by atoms with Crippen LogP contribution < -0.4 is 10.6 Å². The number of nitrogens with one attached hydrogen (secondary N) is 2. The van der Waals surface area contributed by atoms with Gasteiger partial charge in [-0.25, -0.2) is 0 Å². The molecule has 0 aliphatic heterocycles. The van der Waals surface area contributed by atoms with E-state index in [9.17, 15) is 0 Å². The van der Waals surface area contributed by atoms with Crippen molar-refractivity contribution in [3.8, 4) is 0 Å². The molecule has 0 aliphatic rings. The van der Waals surface area contributed by atoms with Crippen LogP contribution in [0.2, 0.25) is 5.02 Å². The maximum Gasteiger partial charge on any atom is 0.171 e. The molecule has 0 saturated heterocycles. The summed E-state index contributed by atoms with van der Waals surface area (Å²) >= 11 is 11.3. The molecule has 0 aliphatic carbocycles. The first kappa shape index (κ1) is 16.8. The van der Waals surface area contributed by atoms with Crippen molar-refractivity contribution in [1.29, 1.82) is 0 Å². The van der Waals surface area contributed by atoms with Gasteiger partial charge in [-0.05, 0) is 60.5 Å². The van der Waals surface area contributed by atoms with E-state index in [4.69, 9.17) is 23.8 Å². The van der Waals surface area contributed by atoms with Gasteiger partial charge in [0.25, 0.3) is 0 Å². The first-order valence-electron chi connectivity index (χ1n) is 7.36. The second-order valence-electron chi connectivity index (χ2n) is 5.68. The molecule has 0 radical (unpaired) electrons. The molecule has 0 bridgehead atoms. The van der Waals surface area contributed by atoms with Crippen molar-refractivity contribution in [3.05, 3.63) is 64.7 Å². The summed E-state index contributed by atoms with van der Waals surface area (Å²) in [4.78, 5) is 0. The smallest absolute Gasteiger partial charge is 0.171 e. The highest BCUT2D eigenvalue weighted by Gasteiger charge is 2.18. The minimum Gasteiger partial charge on any atom is -0.355 e. The van der Waals surface area contributed by atoms with Crippen molar-refractivity contribution in [3.63, 3.8) is 0 Å². The van der Waals surface area contributed by atoms with Crippen molar-refractivity contribution in [1.82, 2.24) is 5.32 Å². The Morgan fingerprint density at radius 1 is 1.05 bits per heavy atom. The van der Waals surface area contributed by atoms with Crippen LogP contribution in [-0.2, 0) is 0 Å². The first-order chi connectivity index (χ1) is 10.5. The highest BCUT2D eigenvalue weighted by atomic mass is 35.5. The number of hydrogen-bond acceptors (Lipinski definition) is 1. The Hall–Kier alpha value is -1.58. The fourth-order valence-corrected chi connectivity index (χ4v) is 2.75. The van der Waals surface area contributed by atoms with E-state index >= 15 is 0 Å². The van der Waals surface area contributed by atoms with Crippen LogP contribution in [-0.4, -0.2) is 5.11 Å². The topological polar surface area (TPSA) is 24.1 Å². The van der Waals surface area contributed by atoms with Gasteiger partial charge in [-0.15, -0.1) is 0 Å². The van der Waals surface area contributed by atoms with Crippen LogP contribution >= 0.6 is 23.8 Å². The summed E-state index contributed by atoms with van der Waals surface area (Å²) in [5, 5.41) is 7.96. The Balaban J connectivity index is 2.10. The molecule has 116 valence electrons. The standard InChI is InChI=1S/C18H21ClN2S/c1-12(2)17(16-7-5-4-6-13(16)3)21-18(22)20-15-10-8-14(19)9-11-15/h4-12,17H,1-3H3,(H2,20,21,22)/t17-/m0/s1. The molecule has 0 fully saturated rings. The quantitative estimate of drug-likeness (QED) is 0.740. The number of benzene rings is 2. The lowest BCUT2D eigenvalue weighted by atomic mass is 9.93. The largest absolute Gasteiger partial charge is 0.355 e. The summed E-state index contributed by atoms with van der Waals surface area (Å²) in [6, 6.07) is 16.1. The van der Waals surface area contributed by atoms with Gasteiger partial charge in [0.1, 0.15) is 0 Å². The van der Waals surface area contributed by atoms with Crippen molar-refractivity contribution >= 4 is 34.6 Å². The SMILES string of the molecule is Cc1ccccc1[C@@H](NC(=S)Nc1ccc(Cl)cc1)C(C)C. The zero-order valence-corrected chi connectivity index (χ0v) is 14.6. The molecule has 2 nitrogen and oxygen atoms in total. The van der Waals surface area contributed by atoms with Crippen LogP contribution in [0.1, 0.15) is 31.0 Å². The number of anilines is 1. The molecule has 4 heteroatoms. The van der Waals surface area contributed by atoms with Crippen LogP contribution in [0, 0.1) is 12.8 Å². The molecule has 0 spiro atoms. The third kappa shape index (κ3) is 4.46. The Labute approximate surface area is 142 Å². The van der Waals surface area contributed by atoms with Gasteiger partial charge in [0.2, 0.25) is 0 Å². The van der Waals surface area contributed by atoms with Crippen molar-refractivity contribution in [2.45, 2.75) is 26.8 Å². The number of rotatable bonds is 4. The number of thiocarbonyl (C=S) groups is 1. The Bertz CT molecular complexity index is 638. The van der Waals surface area contributed by atoms with Crippen LogP contribution in [0.25, 0.3) is 0 Å². The van der Waals surface area contributed by atoms with E-state index in [2.05, 4.69) is 55.7 Å². The van der Waals surface area contributed by atoms with E-state index in [1.54, 1.807) is 0 Å². The van der Waals surface area contributed by atoms with E-state index in [1.165, 1.54) is 11.1 Å². The van der Waals surface area contributed by atoms with E-state index in [0.717, 1.165) is 5.69 Å². The second-order valence-corrected chi connectivity index (χ2v) is 6.53. The predicted octanol–water partition coefficient (Wildman–Crippen LogP) is 5.33. The summed E-state index contributed by atoms with van der Waals surface area (Å²) in [6.45, 7) is 6.51. The molecule has 2 N–H and O–H groups in total. The molecule has 2 aromatic rings. The summed E-state index contributed by atoms with van der Waals surface area (Å²) < 4.78 is 0. The Morgan fingerprint density at radius 2 is 1.68 bits per heavy atom. The number of aryl methyl sites for hydroxylation is 1. The zero-order chi connectivity index (χ0) is 16.1. The molecular weight excluding hydrogens is 312 g/mol. The molecule has 0 heterocycles. The van der Waals surface area contributed by atoms with Gasteiger partial charge < -0.3 is 10.6 Å². The van der Waals surface area contributed by atoms with Gasteiger partial charge in [0.05, 0.1) is 6.04 Å². The van der Waals surface area contributed by atoms with Crippen molar-refractivity contribution in [2.24, 2.45) is 5.92 Å². The average molecular weight is 333 g/mol. The third-order valence-corrected chi connectivity index (χ3v) is 4.05. The third-order valence-electron chi connectivity index (χ3n) is 3.58. The average Bonchev–Trinajstić information content (AvgIpc) is 2.48. The van der Waals surface area contributed by atoms with Gasteiger partial charge in [0, 0.05) is 10.7 Å². The molecule has 1 atom stereocenters. The molecular formula is C18H21ClN2S. The van der Waals surface area contributed by atoms with Gasteiger partial charge >= 0.3 is 0 Å². The lowest BCUT2D eigenvalue weighted by Crippen LogP contribution is -2.35. The molecule has 2 aromatic carbocycles. The maximum atomic E-state index is 5.90. The van der Waals surface area contributed by atoms with Gasteiger partial charge in [-0.2, -0.15) is 0 Å². The Morgan fingerprint density at radius 3 is 2.27 bits per heavy atom. The van der Waals surface area contributed by atoms with E-state index in [0.29, 0.717) is 16.1 Å². The summed E-state index contributed by atoms with van der Waals surface area (Å²) in [5.41, 5.74) is 3.47. The monoisotopic (exact) mass is 332 g/mol. The Kier molecular flexibility index (Phi) is 5.81. The summed E-state index contributed by atoms with van der Waals surface area (Å²) in [5.74, 6) is 0.422. The second kappa shape index (κ2) is 7.61. The fraction of sp³-hybridized carbons (Fsp3) is 0.278. The molecule has 0 aromatic heterocycles. The fourth-order valence-electron chi connectivity index (χ4n) is 2.38. The zero-order valence-electron chi connectivity index (χ0n) is 13.1. The van der Waals surface area contributed by atoms with Crippen LogP contribution in [0.15, 0.2) is 48.5 Å². The maximum absolute atomic E-state index is 5.90. The molecule has 0 saturated carbocycles. The van der Waals surface area contributed by atoms with Crippen LogP contribution in [0.4, 0.5) is 5.69 Å². The lowest BCUT2D eigenvalue weighted by molar-refractivity contribution is 0.471. The number of halogens is 1. The predicted molar refractivity (Wildman–Crippen MR) is 99.6 cm³/mol. The van der Waals surface area contributed by atoms with Crippen molar-refractivity contribution < 1.29 is 0 Å². The summed E-state index contributed by atoms with van der Waals surface area (Å²) in [6.07, 6.45) is 0. The lowest BCUT2D eigenvalue weighted by Gasteiger charge is -2.26. The van der Waals surface area contributed by atoms with Gasteiger partial charge in [0.15, 0.2) is 5.11 Å². The van der Waals surface area contributed by atoms with Crippen LogP contribution in [0.5, 0.6) is 0 Å². The normalized spacial score (nSPS) is 12.0. The highest BCUT2D eigenvalue weighted by Crippen LogP contribution is 2.24. The minimum atomic E-state index is 0.175. The minimum absolute atomic E-state index is 0.175. The van der Waals surface area contributed by atoms with Crippen molar-refractivity contribution in [2.75, 3.05) is 5.32 Å². The molecule has 22 heavy (non-hydrogen) atoms.